The van der Waals surface area contributed by atoms with Crippen molar-refractivity contribution in [2.75, 3.05) is 13.2 Å². The lowest BCUT2D eigenvalue weighted by Crippen LogP contribution is -2.30. The molecule has 0 heterocycles. The summed E-state index contributed by atoms with van der Waals surface area (Å²) < 4.78 is 16.8. The summed E-state index contributed by atoms with van der Waals surface area (Å²) in [5.74, 6) is -0.843. The predicted octanol–water partition coefficient (Wildman–Crippen LogP) is 17.2. The van der Waals surface area contributed by atoms with Crippen molar-refractivity contribution in [3.63, 3.8) is 0 Å². The number of hydrogen-bond acceptors (Lipinski definition) is 6. The highest BCUT2D eigenvalue weighted by Gasteiger charge is 2.19. The Bertz CT molecular complexity index is 874. The van der Waals surface area contributed by atoms with E-state index < -0.39 is 6.10 Å². The molecule has 59 heavy (non-hydrogen) atoms. The summed E-state index contributed by atoms with van der Waals surface area (Å²) >= 11 is 0. The van der Waals surface area contributed by atoms with Crippen molar-refractivity contribution in [2.24, 2.45) is 0 Å². The maximum Gasteiger partial charge on any atom is 0.306 e. The molecule has 0 aromatic heterocycles. The molecule has 0 aromatic carbocycles. The Morgan fingerprint density at radius 2 is 0.458 bits per heavy atom. The number of hydrogen-bond donors (Lipinski definition) is 0. The molecule has 0 spiro atoms. The van der Waals surface area contributed by atoms with E-state index in [0.717, 1.165) is 57.8 Å². The van der Waals surface area contributed by atoms with Crippen LogP contribution in [0, 0.1) is 0 Å². The summed E-state index contributed by atoms with van der Waals surface area (Å²) in [6.07, 6.45) is 52.3. The lowest BCUT2D eigenvalue weighted by molar-refractivity contribution is -0.167. The average molecular weight is 835 g/mol. The first-order valence-electron chi connectivity index (χ1n) is 26.5. The molecule has 0 saturated heterocycles. The van der Waals surface area contributed by atoms with Crippen LogP contribution in [-0.2, 0) is 28.6 Å². The number of unbranched alkanes of at least 4 members (excludes halogenated alkanes) is 38. The first-order valence-corrected chi connectivity index (χ1v) is 26.5. The van der Waals surface area contributed by atoms with E-state index in [0.29, 0.717) is 19.3 Å². The minimum atomic E-state index is -0.759. The summed E-state index contributed by atoms with van der Waals surface area (Å²) in [7, 11) is 0. The van der Waals surface area contributed by atoms with Gasteiger partial charge in [-0.3, -0.25) is 14.4 Å². The molecule has 6 heteroatoms. The first kappa shape index (κ1) is 57.4. The van der Waals surface area contributed by atoms with Gasteiger partial charge in [-0.2, -0.15) is 0 Å². The van der Waals surface area contributed by atoms with Gasteiger partial charge in [0.25, 0.3) is 0 Å². The van der Waals surface area contributed by atoms with Gasteiger partial charge in [-0.15, -0.1) is 0 Å². The van der Waals surface area contributed by atoms with Gasteiger partial charge in [0.15, 0.2) is 6.10 Å². The summed E-state index contributed by atoms with van der Waals surface area (Å²) in [6, 6.07) is 0. The molecule has 0 rings (SSSR count). The van der Waals surface area contributed by atoms with Crippen LogP contribution in [0.4, 0.5) is 0 Å². The Balaban J connectivity index is 4.20. The molecule has 0 N–H and O–H groups in total. The lowest BCUT2D eigenvalue weighted by atomic mass is 10.0. The molecular formula is C53H102O6. The van der Waals surface area contributed by atoms with Crippen molar-refractivity contribution >= 4 is 17.9 Å². The van der Waals surface area contributed by atoms with Gasteiger partial charge in [0.1, 0.15) is 13.2 Å². The minimum absolute atomic E-state index is 0.0620. The second-order valence-corrected chi connectivity index (χ2v) is 18.2. The molecule has 0 aliphatic heterocycles. The number of ether oxygens (including phenoxy) is 3. The molecule has 0 saturated carbocycles. The number of esters is 3. The van der Waals surface area contributed by atoms with Gasteiger partial charge in [0.05, 0.1) is 0 Å². The van der Waals surface area contributed by atoms with Crippen molar-refractivity contribution in [1.29, 1.82) is 0 Å². The van der Waals surface area contributed by atoms with Crippen LogP contribution in [-0.4, -0.2) is 37.2 Å². The molecule has 0 amide bonds. The third kappa shape index (κ3) is 47.3. The number of carbonyl (C=O) groups excluding carboxylic acids is 3. The van der Waals surface area contributed by atoms with Crippen LogP contribution < -0.4 is 0 Å². The Morgan fingerprint density at radius 1 is 0.271 bits per heavy atom. The molecule has 0 bridgehead atoms. The summed E-state index contributed by atoms with van der Waals surface area (Å²) in [5, 5.41) is 0. The highest BCUT2D eigenvalue weighted by atomic mass is 16.6. The van der Waals surface area contributed by atoms with E-state index in [1.807, 2.05) is 0 Å². The third-order valence-electron chi connectivity index (χ3n) is 12.1. The van der Waals surface area contributed by atoms with Crippen LogP contribution in [0.15, 0.2) is 0 Å². The van der Waals surface area contributed by atoms with E-state index in [2.05, 4.69) is 20.8 Å². The monoisotopic (exact) mass is 835 g/mol. The standard InChI is InChI=1S/C53H102O6/c1-4-7-10-13-16-19-21-23-25-26-27-28-30-32-35-37-40-43-46-52(55)58-49-50(59-53(56)47-44-41-38-33-18-15-12-9-6-3)48-57-51(54)45-42-39-36-34-31-29-24-22-20-17-14-11-8-5-2/h50H,4-49H2,1-3H3/t50-/m1/s1. The molecule has 0 aliphatic rings. The minimum Gasteiger partial charge on any atom is -0.462 e. The van der Waals surface area contributed by atoms with Crippen LogP contribution in [0.3, 0.4) is 0 Å². The molecule has 1 atom stereocenters. The number of carbonyl (C=O) groups is 3. The highest BCUT2D eigenvalue weighted by molar-refractivity contribution is 5.71. The van der Waals surface area contributed by atoms with Gasteiger partial charge in [0, 0.05) is 19.3 Å². The maximum absolute atomic E-state index is 12.7. The van der Waals surface area contributed by atoms with Crippen LogP contribution in [0.25, 0.3) is 0 Å². The fraction of sp³-hybridized carbons (Fsp3) is 0.943. The highest BCUT2D eigenvalue weighted by Crippen LogP contribution is 2.17. The molecule has 0 aliphatic carbocycles. The van der Waals surface area contributed by atoms with E-state index >= 15 is 0 Å². The van der Waals surface area contributed by atoms with Crippen molar-refractivity contribution in [3.8, 4) is 0 Å². The Kier molecular flexibility index (Phi) is 47.7. The summed E-state index contributed by atoms with van der Waals surface area (Å²) in [4.78, 5) is 37.9. The molecule has 6 nitrogen and oxygen atoms in total. The zero-order chi connectivity index (χ0) is 43.0. The summed E-state index contributed by atoms with van der Waals surface area (Å²) in [6.45, 7) is 6.67. The molecule has 0 radical (unpaired) electrons. The largest absolute Gasteiger partial charge is 0.462 e. The lowest BCUT2D eigenvalue weighted by Gasteiger charge is -2.18. The molecule has 0 aromatic rings. The Morgan fingerprint density at radius 3 is 0.678 bits per heavy atom. The predicted molar refractivity (Wildman–Crippen MR) is 252 cm³/mol. The zero-order valence-corrected chi connectivity index (χ0v) is 40.1. The fourth-order valence-electron chi connectivity index (χ4n) is 8.09. The van der Waals surface area contributed by atoms with Gasteiger partial charge >= 0.3 is 17.9 Å². The van der Waals surface area contributed by atoms with Gasteiger partial charge < -0.3 is 14.2 Å². The van der Waals surface area contributed by atoms with Crippen molar-refractivity contribution in [3.05, 3.63) is 0 Å². The quantitative estimate of drug-likeness (QED) is 0.0345. The van der Waals surface area contributed by atoms with Crippen molar-refractivity contribution < 1.29 is 28.6 Å². The maximum atomic E-state index is 12.7. The van der Waals surface area contributed by atoms with Gasteiger partial charge in [-0.25, -0.2) is 0 Å². The second-order valence-electron chi connectivity index (χ2n) is 18.2. The Labute approximate surface area is 368 Å². The fourth-order valence-corrected chi connectivity index (χ4v) is 8.09. The van der Waals surface area contributed by atoms with Crippen LogP contribution in [0.1, 0.15) is 303 Å². The summed E-state index contributed by atoms with van der Waals surface area (Å²) in [5.41, 5.74) is 0. The van der Waals surface area contributed by atoms with Crippen LogP contribution in [0.5, 0.6) is 0 Å². The normalized spacial score (nSPS) is 11.8. The van der Waals surface area contributed by atoms with Gasteiger partial charge in [-0.05, 0) is 19.3 Å². The molecule has 0 fully saturated rings. The van der Waals surface area contributed by atoms with Crippen LogP contribution >= 0.6 is 0 Å². The topological polar surface area (TPSA) is 78.9 Å². The number of rotatable bonds is 49. The first-order chi connectivity index (χ1) is 29.0. The van der Waals surface area contributed by atoms with E-state index in [-0.39, 0.29) is 31.1 Å². The third-order valence-corrected chi connectivity index (χ3v) is 12.1. The van der Waals surface area contributed by atoms with E-state index in [4.69, 9.17) is 14.2 Å². The van der Waals surface area contributed by atoms with E-state index in [1.54, 1.807) is 0 Å². The van der Waals surface area contributed by atoms with Gasteiger partial charge in [0.2, 0.25) is 0 Å². The average Bonchev–Trinajstić information content (AvgIpc) is 3.23. The SMILES string of the molecule is CCCCCCCCCCCCCCCCCCCCC(=O)OC[C@@H](COC(=O)CCCCCCCCCCCCCCCC)OC(=O)CCCCCCCCCCC. The van der Waals surface area contributed by atoms with Crippen LogP contribution in [0.2, 0.25) is 0 Å². The second kappa shape index (κ2) is 49.1. The molecular weight excluding hydrogens is 733 g/mol. The zero-order valence-electron chi connectivity index (χ0n) is 40.1. The molecule has 350 valence electrons. The smallest absolute Gasteiger partial charge is 0.306 e. The van der Waals surface area contributed by atoms with Crippen molar-refractivity contribution in [2.45, 2.75) is 309 Å². The molecule has 0 unspecified atom stereocenters. The van der Waals surface area contributed by atoms with Gasteiger partial charge in [-0.1, -0.05) is 265 Å². The van der Waals surface area contributed by atoms with Crippen molar-refractivity contribution in [1.82, 2.24) is 0 Å². The van der Waals surface area contributed by atoms with E-state index in [9.17, 15) is 14.4 Å². The van der Waals surface area contributed by atoms with E-state index in [1.165, 1.54) is 205 Å². The Hall–Kier alpha value is -1.59.